The Hall–Kier alpha value is -1.96. The maximum Gasteiger partial charge on any atom is 0.243 e. The van der Waals surface area contributed by atoms with Crippen molar-refractivity contribution in [2.45, 2.75) is 23.8 Å². The lowest BCUT2D eigenvalue weighted by molar-refractivity contribution is -0.119. The molecular weight excluding hydrogens is 350 g/mol. The molecular formula is C16H16ClN3O3S. The Labute approximate surface area is 145 Å². The van der Waals surface area contributed by atoms with Gasteiger partial charge in [0.25, 0.3) is 0 Å². The summed E-state index contributed by atoms with van der Waals surface area (Å²) in [6, 6.07) is 8.55. The van der Waals surface area contributed by atoms with E-state index in [1.165, 1.54) is 28.6 Å². The van der Waals surface area contributed by atoms with Crippen molar-refractivity contribution in [3.8, 4) is 0 Å². The minimum absolute atomic E-state index is 0.135. The van der Waals surface area contributed by atoms with E-state index < -0.39 is 16.1 Å². The van der Waals surface area contributed by atoms with E-state index in [1.54, 1.807) is 24.5 Å². The largest absolute Gasteiger partial charge is 0.325 e. The molecule has 24 heavy (non-hydrogen) atoms. The lowest BCUT2D eigenvalue weighted by atomic mass is 10.2. The van der Waals surface area contributed by atoms with Crippen LogP contribution in [0.1, 0.15) is 12.8 Å². The molecule has 1 N–H and O–H groups in total. The molecule has 2 heterocycles. The molecule has 3 rings (SSSR count). The molecule has 8 heteroatoms. The maximum absolute atomic E-state index is 12.8. The average molecular weight is 366 g/mol. The molecule has 6 nitrogen and oxygen atoms in total. The van der Waals surface area contributed by atoms with Crippen LogP contribution in [0.5, 0.6) is 0 Å². The minimum Gasteiger partial charge on any atom is -0.325 e. The summed E-state index contributed by atoms with van der Waals surface area (Å²) in [5.74, 6) is -0.337. The minimum atomic E-state index is -3.74. The molecule has 1 aromatic heterocycles. The molecule has 2 aromatic rings. The van der Waals surface area contributed by atoms with Crippen LogP contribution in [0.2, 0.25) is 5.02 Å². The van der Waals surface area contributed by atoms with Gasteiger partial charge in [-0.1, -0.05) is 11.6 Å². The van der Waals surface area contributed by atoms with Crippen molar-refractivity contribution in [3.63, 3.8) is 0 Å². The third-order valence-corrected chi connectivity index (χ3v) is 6.05. The molecule has 1 amide bonds. The molecule has 1 fully saturated rings. The fourth-order valence-corrected chi connectivity index (χ4v) is 4.48. The molecule has 1 saturated heterocycles. The number of hydrogen-bond acceptors (Lipinski definition) is 4. The van der Waals surface area contributed by atoms with E-state index in [9.17, 15) is 13.2 Å². The molecule has 126 valence electrons. The number of rotatable bonds is 4. The van der Waals surface area contributed by atoms with Gasteiger partial charge in [0.1, 0.15) is 6.04 Å². The van der Waals surface area contributed by atoms with Gasteiger partial charge in [-0.15, -0.1) is 0 Å². The van der Waals surface area contributed by atoms with Crippen LogP contribution in [0.25, 0.3) is 0 Å². The van der Waals surface area contributed by atoms with Crippen molar-refractivity contribution < 1.29 is 13.2 Å². The molecule has 1 aromatic carbocycles. The van der Waals surface area contributed by atoms with Crippen LogP contribution in [-0.2, 0) is 14.8 Å². The van der Waals surface area contributed by atoms with Gasteiger partial charge in [-0.05, 0) is 49.2 Å². The first-order chi connectivity index (χ1) is 11.5. The Bertz CT molecular complexity index is 825. The second kappa shape index (κ2) is 6.88. The number of nitrogens with zero attached hydrogens (tertiary/aromatic N) is 2. The lowest BCUT2D eigenvalue weighted by Crippen LogP contribution is -2.43. The van der Waals surface area contributed by atoms with Crippen LogP contribution >= 0.6 is 11.6 Å². The average Bonchev–Trinajstić information content (AvgIpc) is 3.07. The number of carbonyl (C=O) groups is 1. The van der Waals surface area contributed by atoms with Crippen LogP contribution in [0.4, 0.5) is 5.69 Å². The predicted octanol–water partition coefficient (Wildman–Crippen LogP) is 2.53. The number of sulfonamides is 1. The van der Waals surface area contributed by atoms with E-state index in [1.807, 2.05) is 0 Å². The topological polar surface area (TPSA) is 79.4 Å². The summed E-state index contributed by atoms with van der Waals surface area (Å²) in [5.41, 5.74) is 0.589. The predicted molar refractivity (Wildman–Crippen MR) is 91.2 cm³/mol. The number of anilines is 1. The van der Waals surface area contributed by atoms with Crippen LogP contribution in [0.15, 0.2) is 53.7 Å². The van der Waals surface area contributed by atoms with Crippen molar-refractivity contribution in [2.24, 2.45) is 0 Å². The summed E-state index contributed by atoms with van der Waals surface area (Å²) in [6.45, 7) is 0.319. The van der Waals surface area contributed by atoms with Crippen LogP contribution in [-0.4, -0.2) is 36.2 Å². The van der Waals surface area contributed by atoms with Crippen LogP contribution < -0.4 is 5.32 Å². The quantitative estimate of drug-likeness (QED) is 0.902. The Morgan fingerprint density at radius 2 is 1.83 bits per heavy atom. The lowest BCUT2D eigenvalue weighted by Gasteiger charge is -2.23. The number of aromatic nitrogens is 1. The first-order valence-corrected chi connectivity index (χ1v) is 9.28. The fourth-order valence-electron chi connectivity index (χ4n) is 2.69. The molecule has 1 aliphatic rings. The summed E-state index contributed by atoms with van der Waals surface area (Å²) < 4.78 is 26.9. The summed E-state index contributed by atoms with van der Waals surface area (Å²) in [6.07, 6.45) is 4.25. The Kier molecular flexibility index (Phi) is 4.84. The van der Waals surface area contributed by atoms with E-state index in [0.717, 1.165) is 0 Å². The molecule has 1 atom stereocenters. The van der Waals surface area contributed by atoms with E-state index >= 15 is 0 Å². The SMILES string of the molecule is O=C(Nc1ccncc1)C1CCCN1S(=O)(=O)c1ccc(Cl)cc1. The first kappa shape index (κ1) is 16.9. The number of benzene rings is 1. The Morgan fingerprint density at radius 3 is 2.50 bits per heavy atom. The zero-order valence-corrected chi connectivity index (χ0v) is 14.3. The van der Waals surface area contributed by atoms with Gasteiger partial charge in [-0.25, -0.2) is 8.42 Å². The number of nitrogens with one attached hydrogen (secondary N) is 1. The van der Waals surface area contributed by atoms with Gasteiger partial charge in [-0.3, -0.25) is 9.78 Å². The van der Waals surface area contributed by atoms with Gasteiger partial charge in [-0.2, -0.15) is 4.31 Å². The van der Waals surface area contributed by atoms with Gasteiger partial charge in [0.2, 0.25) is 15.9 Å². The molecule has 0 spiro atoms. The maximum atomic E-state index is 12.8. The number of pyridine rings is 1. The van der Waals surface area contributed by atoms with Gasteiger partial charge in [0.05, 0.1) is 4.90 Å². The van der Waals surface area contributed by atoms with E-state index in [0.29, 0.717) is 30.1 Å². The summed E-state index contributed by atoms with van der Waals surface area (Å²) >= 11 is 5.81. The van der Waals surface area contributed by atoms with Gasteiger partial charge in [0, 0.05) is 29.6 Å². The summed E-state index contributed by atoms with van der Waals surface area (Å²) in [7, 11) is -3.74. The summed E-state index contributed by atoms with van der Waals surface area (Å²) in [4.78, 5) is 16.5. The normalized spacial score (nSPS) is 18.5. The Balaban J connectivity index is 1.82. The number of halogens is 1. The molecule has 1 aliphatic heterocycles. The number of amides is 1. The van der Waals surface area contributed by atoms with E-state index in [-0.39, 0.29) is 10.8 Å². The highest BCUT2D eigenvalue weighted by Crippen LogP contribution is 2.27. The van der Waals surface area contributed by atoms with E-state index in [4.69, 9.17) is 11.6 Å². The molecule has 0 aliphatic carbocycles. The zero-order chi connectivity index (χ0) is 17.2. The molecule has 0 saturated carbocycles. The highest BCUT2D eigenvalue weighted by molar-refractivity contribution is 7.89. The zero-order valence-electron chi connectivity index (χ0n) is 12.7. The van der Waals surface area contributed by atoms with E-state index in [2.05, 4.69) is 10.3 Å². The molecule has 0 bridgehead atoms. The number of hydrogen-bond donors (Lipinski definition) is 1. The van der Waals surface area contributed by atoms with Crippen molar-refractivity contribution in [3.05, 3.63) is 53.8 Å². The Morgan fingerprint density at radius 1 is 1.17 bits per heavy atom. The molecule has 0 radical (unpaired) electrons. The highest BCUT2D eigenvalue weighted by Gasteiger charge is 2.39. The van der Waals surface area contributed by atoms with Gasteiger partial charge < -0.3 is 5.32 Å². The van der Waals surface area contributed by atoms with Crippen molar-refractivity contribution >= 4 is 33.2 Å². The third-order valence-electron chi connectivity index (χ3n) is 3.87. The number of carbonyl (C=O) groups excluding carboxylic acids is 1. The van der Waals surface area contributed by atoms with Crippen molar-refractivity contribution in [2.75, 3.05) is 11.9 Å². The van der Waals surface area contributed by atoms with Crippen molar-refractivity contribution in [1.29, 1.82) is 0 Å². The second-order valence-corrected chi connectivity index (χ2v) is 7.78. The molecule has 1 unspecified atom stereocenters. The fraction of sp³-hybridized carbons (Fsp3) is 0.250. The summed E-state index contributed by atoms with van der Waals surface area (Å²) in [5, 5.41) is 3.20. The van der Waals surface area contributed by atoms with Gasteiger partial charge >= 0.3 is 0 Å². The van der Waals surface area contributed by atoms with Gasteiger partial charge in [0.15, 0.2) is 0 Å². The third kappa shape index (κ3) is 3.43. The monoisotopic (exact) mass is 365 g/mol. The highest BCUT2D eigenvalue weighted by atomic mass is 35.5. The van der Waals surface area contributed by atoms with Crippen molar-refractivity contribution in [1.82, 2.24) is 9.29 Å². The second-order valence-electron chi connectivity index (χ2n) is 5.45. The first-order valence-electron chi connectivity index (χ1n) is 7.47. The standard InChI is InChI=1S/C16H16ClN3O3S/c17-12-3-5-14(6-4-12)24(22,23)20-11-1-2-15(20)16(21)19-13-7-9-18-10-8-13/h3-10,15H,1-2,11H2,(H,18,19,21). The van der Waals surface area contributed by atoms with Crippen LogP contribution in [0, 0.1) is 0 Å². The smallest absolute Gasteiger partial charge is 0.243 e. The van der Waals surface area contributed by atoms with Crippen LogP contribution in [0.3, 0.4) is 0 Å².